The van der Waals surface area contributed by atoms with Crippen LogP contribution in [-0.2, 0) is 6.18 Å². The number of anilines is 2. The number of carbonyl (C=O) groups is 1. The molecule has 5 nitrogen and oxygen atoms in total. The van der Waals surface area contributed by atoms with Crippen molar-refractivity contribution in [1.29, 1.82) is 0 Å². The Balaban J connectivity index is 0.00000145. The van der Waals surface area contributed by atoms with E-state index in [1.807, 2.05) is 13.8 Å². The van der Waals surface area contributed by atoms with E-state index in [2.05, 4.69) is 53.0 Å². The van der Waals surface area contributed by atoms with E-state index < -0.39 is 17.8 Å². The van der Waals surface area contributed by atoms with Gasteiger partial charge in [-0.15, -0.1) is 0 Å². The summed E-state index contributed by atoms with van der Waals surface area (Å²) in [5, 5.41) is 7.93. The molecule has 0 aliphatic heterocycles. The summed E-state index contributed by atoms with van der Waals surface area (Å²) < 4.78 is 37.7. The summed E-state index contributed by atoms with van der Waals surface area (Å²) in [5.74, 6) is 2.87. The zero-order valence-electron chi connectivity index (χ0n) is 15.3. The molecular formula is C19H16F3IN4OS. The predicted octanol–water partition coefficient (Wildman–Crippen LogP) is 6.64. The van der Waals surface area contributed by atoms with Gasteiger partial charge in [-0.3, -0.25) is 0 Å². The maximum Gasteiger partial charge on any atom is 0.416 e. The van der Waals surface area contributed by atoms with Gasteiger partial charge in [0.15, 0.2) is 0 Å². The quantitative estimate of drug-likeness (QED) is 0.256. The summed E-state index contributed by atoms with van der Waals surface area (Å²) in [6.07, 6.45) is -2.85. The van der Waals surface area contributed by atoms with Gasteiger partial charge in [0.05, 0.1) is 16.8 Å². The second-order valence-electron chi connectivity index (χ2n) is 5.25. The van der Waals surface area contributed by atoms with Crippen molar-refractivity contribution in [3.05, 3.63) is 53.9 Å². The standard InChI is InChI=1S/C17H10F3IN4OS.C2H6/c18-17(19,20)10-1-3-11(4-2-10)24-16(26)25-14-9-22-13-6-5-12(7-8-27-21)23-15(13)14;1-2/h1-6,9,22H,(H2,24,25,26);1-2H3. The predicted molar refractivity (Wildman–Crippen MR) is 120 cm³/mol. The van der Waals surface area contributed by atoms with Crippen LogP contribution in [0.15, 0.2) is 42.6 Å². The molecule has 2 amide bonds. The zero-order chi connectivity index (χ0) is 21.4. The molecule has 0 saturated carbocycles. The van der Waals surface area contributed by atoms with Gasteiger partial charge in [0.2, 0.25) is 0 Å². The van der Waals surface area contributed by atoms with Crippen molar-refractivity contribution in [2.75, 3.05) is 10.6 Å². The third-order valence-corrected chi connectivity index (χ3v) is 4.30. The van der Waals surface area contributed by atoms with Gasteiger partial charge in [0.1, 0.15) is 11.2 Å². The number of H-pyrrole nitrogens is 1. The first kappa shape index (κ1) is 22.9. The molecule has 0 bridgehead atoms. The van der Waals surface area contributed by atoms with E-state index in [0.717, 1.165) is 12.1 Å². The van der Waals surface area contributed by atoms with Crippen LogP contribution in [0.25, 0.3) is 11.0 Å². The number of aromatic nitrogens is 2. The van der Waals surface area contributed by atoms with E-state index in [4.69, 9.17) is 0 Å². The number of urea groups is 1. The van der Waals surface area contributed by atoms with Crippen LogP contribution in [0.3, 0.4) is 0 Å². The molecular weight excluding hydrogens is 516 g/mol. The molecule has 1 aromatic carbocycles. The molecule has 3 aromatic rings. The van der Waals surface area contributed by atoms with Gasteiger partial charge in [0.25, 0.3) is 0 Å². The molecule has 3 rings (SSSR count). The number of halogens is 4. The molecule has 10 heteroatoms. The lowest BCUT2D eigenvalue weighted by atomic mass is 10.2. The van der Waals surface area contributed by atoms with E-state index in [9.17, 15) is 18.0 Å². The lowest BCUT2D eigenvalue weighted by Gasteiger charge is -2.09. The van der Waals surface area contributed by atoms with Crippen molar-refractivity contribution >= 4 is 58.6 Å². The van der Waals surface area contributed by atoms with Crippen molar-refractivity contribution in [3.8, 4) is 11.2 Å². The third-order valence-electron chi connectivity index (χ3n) is 3.46. The van der Waals surface area contributed by atoms with Crippen molar-refractivity contribution in [2.24, 2.45) is 0 Å². The minimum atomic E-state index is -4.42. The molecule has 0 aliphatic rings. The smallest absolute Gasteiger partial charge is 0.358 e. The van der Waals surface area contributed by atoms with Crippen molar-refractivity contribution < 1.29 is 18.0 Å². The highest BCUT2D eigenvalue weighted by Crippen LogP contribution is 2.30. The van der Waals surface area contributed by atoms with E-state index in [1.165, 1.54) is 21.1 Å². The number of amides is 2. The van der Waals surface area contributed by atoms with E-state index in [1.54, 1.807) is 18.3 Å². The second-order valence-corrected chi connectivity index (χ2v) is 6.93. The summed E-state index contributed by atoms with van der Waals surface area (Å²) in [4.78, 5) is 19.5. The fourth-order valence-corrected chi connectivity index (χ4v) is 2.74. The molecule has 0 saturated heterocycles. The van der Waals surface area contributed by atoms with Crippen LogP contribution in [0.1, 0.15) is 25.1 Å². The van der Waals surface area contributed by atoms with Crippen LogP contribution in [0.2, 0.25) is 0 Å². The van der Waals surface area contributed by atoms with Crippen LogP contribution in [0, 0.1) is 11.2 Å². The third kappa shape index (κ3) is 6.30. The highest BCUT2D eigenvalue weighted by atomic mass is 127. The second kappa shape index (κ2) is 10.4. The molecule has 2 heterocycles. The lowest BCUT2D eigenvalue weighted by molar-refractivity contribution is -0.137. The maximum atomic E-state index is 12.6. The summed E-state index contributed by atoms with van der Waals surface area (Å²) in [5.41, 5.74) is 1.68. The summed E-state index contributed by atoms with van der Waals surface area (Å²) >= 11 is 2.05. The van der Waals surface area contributed by atoms with Crippen LogP contribution in [-0.4, -0.2) is 16.0 Å². The van der Waals surface area contributed by atoms with Crippen molar-refractivity contribution in [2.45, 2.75) is 20.0 Å². The molecule has 3 N–H and O–H groups in total. The van der Waals surface area contributed by atoms with Gasteiger partial charge in [-0.2, -0.15) is 13.2 Å². The van der Waals surface area contributed by atoms with Crippen molar-refractivity contribution in [1.82, 2.24) is 9.97 Å². The number of aromatic amines is 1. The maximum absolute atomic E-state index is 12.6. The molecule has 0 spiro atoms. The fourth-order valence-electron chi connectivity index (χ4n) is 2.26. The first-order chi connectivity index (χ1) is 13.9. The van der Waals surface area contributed by atoms with Crippen LogP contribution in [0.5, 0.6) is 0 Å². The number of benzene rings is 1. The summed E-state index contributed by atoms with van der Waals surface area (Å²) in [6.45, 7) is 4.00. The number of alkyl halides is 3. The Labute approximate surface area is 181 Å². The molecule has 2 aromatic heterocycles. The monoisotopic (exact) mass is 532 g/mol. The van der Waals surface area contributed by atoms with Gasteiger partial charge in [-0.1, -0.05) is 13.8 Å². The Kier molecular flexibility index (Phi) is 8.21. The Morgan fingerprint density at radius 3 is 2.45 bits per heavy atom. The SMILES string of the molecule is CC.O=C(Nc1ccc(C(F)(F)F)cc1)Nc1c[nH]c2ccc(C#CSI)nc12. The summed E-state index contributed by atoms with van der Waals surface area (Å²) in [7, 11) is 1.33. The Morgan fingerprint density at radius 1 is 1.14 bits per heavy atom. The molecule has 0 fully saturated rings. The highest BCUT2D eigenvalue weighted by molar-refractivity contribution is 14.2. The van der Waals surface area contributed by atoms with E-state index >= 15 is 0 Å². The van der Waals surface area contributed by atoms with Gasteiger partial charge in [-0.05, 0) is 56.5 Å². The molecule has 0 unspecified atom stereocenters. The number of nitrogens with one attached hydrogen (secondary N) is 3. The number of pyridine rings is 1. The average molecular weight is 532 g/mol. The minimum absolute atomic E-state index is 0.235. The molecule has 0 radical (unpaired) electrons. The number of nitrogens with zero attached hydrogens (tertiary/aromatic N) is 1. The van der Waals surface area contributed by atoms with Crippen LogP contribution >= 0.6 is 30.1 Å². The average Bonchev–Trinajstić information content (AvgIpc) is 3.09. The normalized spacial score (nSPS) is 10.4. The van der Waals surface area contributed by atoms with Crippen LogP contribution in [0.4, 0.5) is 29.3 Å². The topological polar surface area (TPSA) is 69.8 Å². The lowest BCUT2D eigenvalue weighted by Crippen LogP contribution is -2.19. The Hall–Kier alpha value is -2.39. The van der Waals surface area contributed by atoms with E-state index in [-0.39, 0.29) is 5.69 Å². The van der Waals surface area contributed by atoms with Gasteiger partial charge >= 0.3 is 12.2 Å². The van der Waals surface area contributed by atoms with Gasteiger partial charge < -0.3 is 15.6 Å². The minimum Gasteiger partial charge on any atom is -0.358 e. The number of fused-ring (bicyclic) bond motifs is 1. The number of hydrogen-bond acceptors (Lipinski definition) is 3. The molecule has 0 aliphatic carbocycles. The van der Waals surface area contributed by atoms with Crippen LogP contribution < -0.4 is 10.6 Å². The molecule has 152 valence electrons. The summed E-state index contributed by atoms with van der Waals surface area (Å²) in [6, 6.07) is 7.12. The largest absolute Gasteiger partial charge is 0.416 e. The fraction of sp³-hybridized carbons (Fsp3) is 0.158. The Morgan fingerprint density at radius 2 is 1.83 bits per heavy atom. The van der Waals surface area contributed by atoms with E-state index in [0.29, 0.717) is 22.4 Å². The van der Waals surface area contributed by atoms with Gasteiger partial charge in [-0.25, -0.2) is 9.78 Å². The highest BCUT2D eigenvalue weighted by Gasteiger charge is 2.30. The number of carbonyl (C=O) groups excluding carboxylic acids is 1. The first-order valence-electron chi connectivity index (χ1n) is 8.39. The zero-order valence-corrected chi connectivity index (χ0v) is 18.3. The number of hydrogen-bond donors (Lipinski definition) is 3. The van der Waals surface area contributed by atoms with Gasteiger partial charge in [0, 0.05) is 33.1 Å². The van der Waals surface area contributed by atoms with Crippen molar-refractivity contribution in [3.63, 3.8) is 0 Å². The molecule has 29 heavy (non-hydrogen) atoms. The Bertz CT molecular complexity index is 1040. The first-order valence-corrected chi connectivity index (χ1v) is 11.7. The molecule has 0 atom stereocenters. The number of rotatable bonds is 2.